The van der Waals surface area contributed by atoms with Crippen molar-refractivity contribution in [3.8, 4) is 33.4 Å². The molecule has 0 aliphatic rings. The lowest BCUT2D eigenvalue weighted by Gasteiger charge is -2.28. The molecule has 0 spiro atoms. The van der Waals surface area contributed by atoms with Crippen LogP contribution in [0, 0.1) is 0 Å². The molecule has 9 aromatic rings. The van der Waals surface area contributed by atoms with Crippen molar-refractivity contribution in [3.05, 3.63) is 188 Å². The molecule has 0 aliphatic carbocycles. The Balaban J connectivity index is 1.20. The lowest BCUT2D eigenvalue weighted by molar-refractivity contribution is 0.669. The Morgan fingerprint density at radius 2 is 0.979 bits per heavy atom. The molecule has 8 aromatic carbocycles. The Kier molecular flexibility index (Phi) is 6.84. The maximum atomic E-state index is 6.32. The van der Waals surface area contributed by atoms with Crippen molar-refractivity contribution in [1.29, 1.82) is 0 Å². The minimum absolute atomic E-state index is 0.889. The van der Waals surface area contributed by atoms with E-state index in [1.165, 1.54) is 33.0 Å². The van der Waals surface area contributed by atoms with Crippen molar-refractivity contribution >= 4 is 49.8 Å². The highest BCUT2D eigenvalue weighted by Gasteiger charge is 2.19. The molecule has 1 heterocycles. The van der Waals surface area contributed by atoms with Crippen LogP contribution in [0.4, 0.5) is 17.1 Å². The van der Waals surface area contributed by atoms with Gasteiger partial charge in [-0.2, -0.15) is 0 Å². The molecule has 48 heavy (non-hydrogen) atoms. The average molecular weight is 614 g/mol. The number of rotatable bonds is 6. The second kappa shape index (κ2) is 11.8. The van der Waals surface area contributed by atoms with Crippen LogP contribution in [-0.2, 0) is 0 Å². The van der Waals surface area contributed by atoms with Crippen molar-refractivity contribution in [2.45, 2.75) is 0 Å². The van der Waals surface area contributed by atoms with Crippen LogP contribution >= 0.6 is 0 Å². The first-order valence-electron chi connectivity index (χ1n) is 16.3. The van der Waals surface area contributed by atoms with Crippen LogP contribution in [0.2, 0.25) is 0 Å². The molecule has 0 fully saturated rings. The number of fused-ring (bicyclic) bond motifs is 4. The predicted molar refractivity (Wildman–Crippen MR) is 202 cm³/mol. The summed E-state index contributed by atoms with van der Waals surface area (Å²) in [7, 11) is 0. The minimum Gasteiger partial charge on any atom is -0.456 e. The largest absolute Gasteiger partial charge is 0.456 e. The van der Waals surface area contributed by atoms with Crippen molar-refractivity contribution in [3.63, 3.8) is 0 Å². The number of anilines is 3. The summed E-state index contributed by atoms with van der Waals surface area (Å²) >= 11 is 0. The molecule has 2 nitrogen and oxygen atoms in total. The molecule has 2 heteroatoms. The fourth-order valence-electron chi connectivity index (χ4n) is 6.86. The fourth-order valence-corrected chi connectivity index (χ4v) is 6.86. The smallest absolute Gasteiger partial charge is 0.136 e. The number of para-hydroxylation sites is 2. The molecule has 0 saturated carbocycles. The average Bonchev–Trinajstić information content (AvgIpc) is 3.54. The van der Waals surface area contributed by atoms with Gasteiger partial charge in [-0.05, 0) is 93.2 Å². The number of hydrogen-bond donors (Lipinski definition) is 0. The number of nitrogens with zero attached hydrogens (tertiary/aromatic N) is 1. The summed E-state index contributed by atoms with van der Waals surface area (Å²) in [5.41, 5.74) is 12.1. The summed E-state index contributed by atoms with van der Waals surface area (Å²) in [6.07, 6.45) is 0. The van der Waals surface area contributed by atoms with E-state index in [1.807, 2.05) is 12.1 Å². The third kappa shape index (κ3) is 5.01. The van der Waals surface area contributed by atoms with Gasteiger partial charge in [-0.25, -0.2) is 0 Å². The number of furan rings is 1. The van der Waals surface area contributed by atoms with Gasteiger partial charge < -0.3 is 9.32 Å². The molecule has 0 unspecified atom stereocenters. The van der Waals surface area contributed by atoms with E-state index >= 15 is 0 Å². The molecular weight excluding hydrogens is 583 g/mol. The molecule has 0 amide bonds. The molecular formula is C46H31NO. The van der Waals surface area contributed by atoms with E-state index in [-0.39, 0.29) is 0 Å². The molecule has 0 aliphatic heterocycles. The third-order valence-electron chi connectivity index (χ3n) is 9.25. The highest BCUT2D eigenvalue weighted by atomic mass is 16.3. The Morgan fingerprint density at radius 3 is 1.88 bits per heavy atom. The molecule has 0 bridgehead atoms. The van der Waals surface area contributed by atoms with Gasteiger partial charge in [0.2, 0.25) is 0 Å². The van der Waals surface area contributed by atoms with Crippen molar-refractivity contribution < 1.29 is 4.42 Å². The first-order chi connectivity index (χ1) is 23.8. The maximum Gasteiger partial charge on any atom is 0.136 e. The number of benzene rings is 8. The molecule has 0 N–H and O–H groups in total. The van der Waals surface area contributed by atoms with Crippen molar-refractivity contribution in [1.82, 2.24) is 0 Å². The van der Waals surface area contributed by atoms with Crippen LogP contribution in [0.25, 0.3) is 66.1 Å². The lowest BCUT2D eigenvalue weighted by Crippen LogP contribution is -2.11. The summed E-state index contributed by atoms with van der Waals surface area (Å²) in [5, 5.41) is 4.74. The van der Waals surface area contributed by atoms with Crippen LogP contribution in [0.15, 0.2) is 192 Å². The normalized spacial score (nSPS) is 11.3. The van der Waals surface area contributed by atoms with E-state index in [0.717, 1.165) is 50.1 Å². The van der Waals surface area contributed by atoms with Gasteiger partial charge in [0.15, 0.2) is 0 Å². The van der Waals surface area contributed by atoms with Gasteiger partial charge in [0.25, 0.3) is 0 Å². The van der Waals surface area contributed by atoms with E-state index in [1.54, 1.807) is 0 Å². The summed E-state index contributed by atoms with van der Waals surface area (Å²) in [4.78, 5) is 2.37. The van der Waals surface area contributed by atoms with Crippen molar-refractivity contribution in [2.24, 2.45) is 0 Å². The van der Waals surface area contributed by atoms with E-state index in [0.29, 0.717) is 0 Å². The van der Waals surface area contributed by atoms with Gasteiger partial charge in [-0.1, -0.05) is 133 Å². The summed E-state index contributed by atoms with van der Waals surface area (Å²) in [5.74, 6) is 0. The van der Waals surface area contributed by atoms with Gasteiger partial charge in [0, 0.05) is 27.7 Å². The molecule has 1 aromatic heterocycles. The van der Waals surface area contributed by atoms with E-state index < -0.39 is 0 Å². The quantitative estimate of drug-likeness (QED) is 0.185. The monoisotopic (exact) mass is 613 g/mol. The Morgan fingerprint density at radius 1 is 0.333 bits per heavy atom. The summed E-state index contributed by atoms with van der Waals surface area (Å²) in [6, 6.07) is 67.0. The van der Waals surface area contributed by atoms with Crippen LogP contribution in [0.5, 0.6) is 0 Å². The predicted octanol–water partition coefficient (Wildman–Crippen LogP) is 13.2. The van der Waals surface area contributed by atoms with Crippen LogP contribution in [0.3, 0.4) is 0 Å². The highest BCUT2D eigenvalue weighted by Crippen LogP contribution is 2.43. The summed E-state index contributed by atoms with van der Waals surface area (Å²) < 4.78 is 6.32. The van der Waals surface area contributed by atoms with Crippen molar-refractivity contribution in [2.75, 3.05) is 4.90 Å². The molecule has 9 rings (SSSR count). The van der Waals surface area contributed by atoms with Crippen LogP contribution in [-0.4, -0.2) is 0 Å². The van der Waals surface area contributed by atoms with Gasteiger partial charge in [-0.15, -0.1) is 0 Å². The zero-order valence-corrected chi connectivity index (χ0v) is 26.3. The van der Waals surface area contributed by atoms with Gasteiger partial charge in [0.1, 0.15) is 11.2 Å². The first-order valence-corrected chi connectivity index (χ1v) is 16.3. The Hall–Kier alpha value is -6.38. The number of hydrogen-bond acceptors (Lipinski definition) is 2. The van der Waals surface area contributed by atoms with Gasteiger partial charge >= 0.3 is 0 Å². The molecule has 226 valence electrons. The first kappa shape index (κ1) is 27.9. The van der Waals surface area contributed by atoms with E-state index in [2.05, 4.69) is 181 Å². The SMILES string of the molecule is c1ccc(-c2ccc(N(c3cccc(-c4ccc5ccccc5c4)c3)c3ccccc3-c3ccc4c(c3)oc3ccccc34)cc2)cc1. The molecule has 0 saturated heterocycles. The second-order valence-electron chi connectivity index (χ2n) is 12.2. The van der Waals surface area contributed by atoms with Gasteiger partial charge in [-0.3, -0.25) is 0 Å². The topological polar surface area (TPSA) is 16.4 Å². The van der Waals surface area contributed by atoms with E-state index in [9.17, 15) is 0 Å². The second-order valence-corrected chi connectivity index (χ2v) is 12.2. The Bertz CT molecular complexity index is 2560. The van der Waals surface area contributed by atoms with Crippen LogP contribution < -0.4 is 4.90 Å². The van der Waals surface area contributed by atoms with E-state index in [4.69, 9.17) is 4.42 Å². The third-order valence-corrected chi connectivity index (χ3v) is 9.25. The standard InChI is InChI=1S/C46H31NO/c1-2-11-32(12-3-1)34-23-26-39(27-24-34)47(40-16-10-15-36(30-40)37-22-21-33-13-4-5-14-35(33)29-37)44-19-8-6-17-41(44)38-25-28-43-42-18-7-9-20-45(42)48-46(43)31-38/h1-31H. The van der Waals surface area contributed by atoms with Gasteiger partial charge in [0.05, 0.1) is 5.69 Å². The lowest BCUT2D eigenvalue weighted by atomic mass is 9.98. The fraction of sp³-hybridized carbons (Fsp3) is 0. The molecule has 0 atom stereocenters. The molecule has 0 radical (unpaired) electrons. The maximum absolute atomic E-state index is 6.32. The minimum atomic E-state index is 0.889. The highest BCUT2D eigenvalue weighted by molar-refractivity contribution is 6.06. The summed E-state index contributed by atoms with van der Waals surface area (Å²) in [6.45, 7) is 0. The zero-order chi connectivity index (χ0) is 31.9. The Labute approximate surface area is 279 Å². The zero-order valence-electron chi connectivity index (χ0n) is 26.3. The van der Waals surface area contributed by atoms with Crippen LogP contribution in [0.1, 0.15) is 0 Å².